The predicted octanol–water partition coefficient (Wildman–Crippen LogP) is 5.19. The summed E-state index contributed by atoms with van der Waals surface area (Å²) in [6, 6.07) is 15.2. The number of nitrogens with zero attached hydrogens (tertiary/aromatic N) is 3. The SMILES string of the molecule is N#Cc1ccc(N=Nc2c(Cl)c(O)c3ccccc3c2O)cc1. The minimum atomic E-state index is -0.158. The second-order valence-corrected chi connectivity index (χ2v) is 5.14. The van der Waals surface area contributed by atoms with Gasteiger partial charge in [0.15, 0.2) is 11.4 Å². The van der Waals surface area contributed by atoms with Crippen LogP contribution in [0, 0.1) is 11.3 Å². The number of fused-ring (bicyclic) bond motifs is 1. The van der Waals surface area contributed by atoms with Gasteiger partial charge in [-0.25, -0.2) is 0 Å². The molecule has 0 aromatic heterocycles. The fraction of sp³-hybridized carbons (Fsp3) is 0. The summed E-state index contributed by atoms with van der Waals surface area (Å²) in [5.74, 6) is -0.311. The number of hydrogen-bond donors (Lipinski definition) is 2. The van der Waals surface area contributed by atoms with Crippen molar-refractivity contribution in [3.63, 3.8) is 0 Å². The van der Waals surface area contributed by atoms with Gasteiger partial charge in [0.1, 0.15) is 10.8 Å². The largest absolute Gasteiger partial charge is 0.506 e. The van der Waals surface area contributed by atoms with Gasteiger partial charge in [0.05, 0.1) is 17.3 Å². The lowest BCUT2D eigenvalue weighted by atomic mass is 10.1. The van der Waals surface area contributed by atoms with Gasteiger partial charge < -0.3 is 10.2 Å². The van der Waals surface area contributed by atoms with E-state index in [9.17, 15) is 10.2 Å². The maximum Gasteiger partial charge on any atom is 0.152 e. The van der Waals surface area contributed by atoms with Crippen LogP contribution < -0.4 is 0 Å². The van der Waals surface area contributed by atoms with Gasteiger partial charge in [0, 0.05) is 10.8 Å². The topological polar surface area (TPSA) is 89.0 Å². The van der Waals surface area contributed by atoms with Gasteiger partial charge >= 0.3 is 0 Å². The average molecular weight is 324 g/mol. The highest BCUT2D eigenvalue weighted by Crippen LogP contribution is 2.47. The summed E-state index contributed by atoms with van der Waals surface area (Å²) < 4.78 is 0. The molecule has 0 amide bonds. The molecule has 3 aromatic carbocycles. The van der Waals surface area contributed by atoms with Crippen LogP contribution >= 0.6 is 11.6 Å². The van der Waals surface area contributed by atoms with Crippen LogP contribution in [0.1, 0.15) is 5.56 Å². The Morgan fingerprint density at radius 3 is 2.09 bits per heavy atom. The van der Waals surface area contributed by atoms with E-state index in [0.29, 0.717) is 22.0 Å². The number of halogens is 1. The highest BCUT2D eigenvalue weighted by Gasteiger charge is 2.17. The average Bonchev–Trinajstić information content (AvgIpc) is 2.60. The second kappa shape index (κ2) is 5.95. The van der Waals surface area contributed by atoms with Crippen molar-refractivity contribution in [2.75, 3.05) is 0 Å². The van der Waals surface area contributed by atoms with E-state index in [-0.39, 0.29) is 22.2 Å². The van der Waals surface area contributed by atoms with Gasteiger partial charge in [0.25, 0.3) is 0 Å². The third-order valence-electron chi connectivity index (χ3n) is 3.34. The number of azo groups is 1. The molecule has 23 heavy (non-hydrogen) atoms. The van der Waals surface area contributed by atoms with Gasteiger partial charge in [-0.3, -0.25) is 0 Å². The Morgan fingerprint density at radius 2 is 1.48 bits per heavy atom. The van der Waals surface area contributed by atoms with Gasteiger partial charge in [-0.05, 0) is 24.3 Å². The van der Waals surface area contributed by atoms with E-state index in [2.05, 4.69) is 10.2 Å². The summed E-state index contributed by atoms with van der Waals surface area (Å²) in [6.45, 7) is 0. The highest BCUT2D eigenvalue weighted by atomic mass is 35.5. The van der Waals surface area contributed by atoms with Crippen molar-refractivity contribution in [2.45, 2.75) is 0 Å². The number of hydrogen-bond acceptors (Lipinski definition) is 5. The van der Waals surface area contributed by atoms with Crippen LogP contribution in [0.2, 0.25) is 5.02 Å². The summed E-state index contributed by atoms with van der Waals surface area (Å²) in [4.78, 5) is 0. The van der Waals surface area contributed by atoms with E-state index in [1.165, 1.54) is 0 Å². The molecule has 0 saturated carbocycles. The Morgan fingerprint density at radius 1 is 0.870 bits per heavy atom. The van der Waals surface area contributed by atoms with Crippen molar-refractivity contribution < 1.29 is 10.2 Å². The molecule has 0 aliphatic carbocycles. The third kappa shape index (κ3) is 2.68. The molecule has 0 aliphatic heterocycles. The molecule has 112 valence electrons. The van der Waals surface area contributed by atoms with E-state index in [0.717, 1.165) is 0 Å². The zero-order valence-corrected chi connectivity index (χ0v) is 12.5. The summed E-state index contributed by atoms with van der Waals surface area (Å²) in [5, 5.41) is 38.0. The number of aromatic hydroxyl groups is 2. The number of benzene rings is 3. The zero-order chi connectivity index (χ0) is 16.4. The van der Waals surface area contributed by atoms with Crippen molar-refractivity contribution in [1.29, 1.82) is 5.26 Å². The van der Waals surface area contributed by atoms with Crippen molar-refractivity contribution in [1.82, 2.24) is 0 Å². The number of phenolic OH excluding ortho intramolecular Hbond substituents is 2. The van der Waals surface area contributed by atoms with E-state index < -0.39 is 0 Å². The summed E-state index contributed by atoms with van der Waals surface area (Å²) in [6.07, 6.45) is 0. The normalized spacial score (nSPS) is 11.0. The van der Waals surface area contributed by atoms with E-state index >= 15 is 0 Å². The summed E-state index contributed by atoms with van der Waals surface area (Å²) in [7, 11) is 0. The standard InChI is InChI=1S/C17H10ClN3O2/c18-14-15(21-20-11-7-5-10(9-19)6-8-11)17(23)13-4-2-1-3-12(13)16(14)22/h1-8,22-23H. The Balaban J connectivity index is 2.09. The zero-order valence-electron chi connectivity index (χ0n) is 11.7. The van der Waals surface area contributed by atoms with Crippen molar-refractivity contribution in [2.24, 2.45) is 10.2 Å². The first-order valence-electron chi connectivity index (χ1n) is 6.66. The van der Waals surface area contributed by atoms with Crippen LogP contribution in [0.3, 0.4) is 0 Å². The minimum absolute atomic E-state index is 0.00720. The molecule has 0 atom stereocenters. The summed E-state index contributed by atoms with van der Waals surface area (Å²) in [5.41, 5.74) is 0.993. The van der Waals surface area contributed by atoms with Crippen molar-refractivity contribution >= 4 is 33.7 Å². The van der Waals surface area contributed by atoms with Gasteiger partial charge in [-0.15, -0.1) is 5.11 Å². The number of phenols is 2. The first kappa shape index (κ1) is 14.8. The first-order chi connectivity index (χ1) is 11.1. The minimum Gasteiger partial charge on any atom is -0.506 e. The maximum absolute atomic E-state index is 10.3. The van der Waals surface area contributed by atoms with E-state index in [1.54, 1.807) is 48.5 Å². The molecule has 0 saturated heterocycles. The lowest BCUT2D eigenvalue weighted by Crippen LogP contribution is -1.79. The lowest BCUT2D eigenvalue weighted by molar-refractivity contribution is 0.470. The monoisotopic (exact) mass is 323 g/mol. The lowest BCUT2D eigenvalue weighted by Gasteiger charge is -2.08. The Hall–Kier alpha value is -3.10. The Labute approximate surface area is 136 Å². The molecule has 2 N–H and O–H groups in total. The van der Waals surface area contributed by atoms with Crippen molar-refractivity contribution in [3.8, 4) is 17.6 Å². The van der Waals surface area contributed by atoms with E-state index in [4.69, 9.17) is 16.9 Å². The molecule has 3 rings (SSSR count). The fourth-order valence-corrected chi connectivity index (χ4v) is 2.39. The predicted molar refractivity (Wildman–Crippen MR) is 87.6 cm³/mol. The van der Waals surface area contributed by atoms with Crippen LogP contribution in [-0.2, 0) is 0 Å². The van der Waals surface area contributed by atoms with Crippen LogP contribution in [0.15, 0.2) is 58.8 Å². The highest BCUT2D eigenvalue weighted by molar-refractivity contribution is 6.36. The third-order valence-corrected chi connectivity index (χ3v) is 3.70. The Bertz CT molecular complexity index is 960. The molecule has 0 heterocycles. The summed E-state index contributed by atoms with van der Waals surface area (Å²) >= 11 is 6.08. The molecule has 5 nitrogen and oxygen atoms in total. The molecule has 3 aromatic rings. The molecule has 0 radical (unpaired) electrons. The second-order valence-electron chi connectivity index (χ2n) is 4.76. The smallest absolute Gasteiger partial charge is 0.152 e. The molecular formula is C17H10ClN3O2. The van der Waals surface area contributed by atoms with Gasteiger partial charge in [-0.1, -0.05) is 35.9 Å². The van der Waals surface area contributed by atoms with Crippen LogP contribution in [-0.4, -0.2) is 10.2 Å². The van der Waals surface area contributed by atoms with Crippen LogP contribution in [0.25, 0.3) is 10.8 Å². The van der Waals surface area contributed by atoms with Crippen LogP contribution in [0.4, 0.5) is 11.4 Å². The quantitative estimate of drug-likeness (QED) is 0.502. The molecule has 0 aliphatic rings. The molecule has 0 bridgehead atoms. The molecule has 0 unspecified atom stereocenters. The molecule has 6 heteroatoms. The maximum atomic E-state index is 10.3. The fourth-order valence-electron chi connectivity index (χ4n) is 2.16. The molecule has 0 spiro atoms. The van der Waals surface area contributed by atoms with E-state index in [1.807, 2.05) is 6.07 Å². The number of rotatable bonds is 2. The molecule has 0 fully saturated rings. The van der Waals surface area contributed by atoms with Crippen LogP contribution in [0.5, 0.6) is 11.5 Å². The Kier molecular flexibility index (Phi) is 3.83. The van der Waals surface area contributed by atoms with Crippen molar-refractivity contribution in [3.05, 3.63) is 59.1 Å². The first-order valence-corrected chi connectivity index (χ1v) is 7.03. The van der Waals surface area contributed by atoms with Gasteiger partial charge in [0.2, 0.25) is 0 Å². The molecular weight excluding hydrogens is 314 g/mol. The number of nitriles is 1. The van der Waals surface area contributed by atoms with Gasteiger partial charge in [-0.2, -0.15) is 10.4 Å².